The van der Waals surface area contributed by atoms with Crippen LogP contribution in [0.15, 0.2) is 72.8 Å². The van der Waals surface area contributed by atoms with Gasteiger partial charge in [-0.2, -0.15) is 0 Å². The van der Waals surface area contributed by atoms with Crippen molar-refractivity contribution in [3.05, 3.63) is 117 Å². The van der Waals surface area contributed by atoms with E-state index in [1.165, 1.54) is 82.5 Å². The zero-order chi connectivity index (χ0) is 28.8. The molecule has 0 nitrogen and oxygen atoms in total. The van der Waals surface area contributed by atoms with Crippen molar-refractivity contribution < 1.29 is 0 Å². The van der Waals surface area contributed by atoms with Gasteiger partial charge in [0, 0.05) is 0 Å². The molecule has 0 unspecified atom stereocenters. The third kappa shape index (κ3) is 8.62. The first-order chi connectivity index (χ1) is 19.1. The van der Waals surface area contributed by atoms with Crippen LogP contribution in [0.5, 0.6) is 0 Å². The summed E-state index contributed by atoms with van der Waals surface area (Å²) in [4.78, 5) is 0. The van der Waals surface area contributed by atoms with Crippen molar-refractivity contribution >= 4 is 37.1 Å². The van der Waals surface area contributed by atoms with Gasteiger partial charge in [0.2, 0.25) is 0 Å². The van der Waals surface area contributed by atoms with E-state index in [2.05, 4.69) is 128 Å². The van der Waals surface area contributed by atoms with E-state index in [-0.39, 0.29) is 15.8 Å². The molecule has 4 aromatic rings. The molecule has 0 saturated heterocycles. The maximum atomic E-state index is 2.44. The van der Waals surface area contributed by atoms with Crippen LogP contribution in [-0.2, 0) is 0 Å². The highest BCUT2D eigenvalue weighted by Gasteiger charge is 2.17. The summed E-state index contributed by atoms with van der Waals surface area (Å²) in [7, 11) is -0.664. The number of unbranched alkanes of at least 4 members (excludes halogenated alkanes) is 3. The Kier molecular flexibility index (Phi) is 10.8. The van der Waals surface area contributed by atoms with Gasteiger partial charge >= 0.3 is 0 Å². The van der Waals surface area contributed by atoms with Crippen LogP contribution in [0.1, 0.15) is 70.2 Å². The molecular weight excluding hydrogens is 518 g/mol. The Balaban J connectivity index is 1.44. The summed E-state index contributed by atoms with van der Waals surface area (Å²) in [5.41, 5.74) is 11.1. The number of aryl methyl sites for hydroxylation is 8. The third-order valence-electron chi connectivity index (χ3n) is 7.59. The Labute approximate surface area is 247 Å². The first-order valence-corrected chi connectivity index (χ1v) is 18.0. The molecule has 0 fully saturated rings. The van der Waals surface area contributed by atoms with Crippen LogP contribution in [0.25, 0.3) is 0 Å². The molecule has 0 atom stereocenters. The van der Waals surface area contributed by atoms with Crippen molar-refractivity contribution in [2.45, 2.75) is 81.1 Å². The molecule has 210 valence electrons. The summed E-state index contributed by atoms with van der Waals surface area (Å²) < 4.78 is 0. The summed E-state index contributed by atoms with van der Waals surface area (Å²) in [5.74, 6) is 0. The van der Waals surface area contributed by atoms with Crippen molar-refractivity contribution in [1.82, 2.24) is 0 Å². The lowest BCUT2D eigenvalue weighted by Crippen LogP contribution is -2.16. The minimum atomic E-state index is -0.332. The number of rotatable bonds is 11. The fourth-order valence-corrected chi connectivity index (χ4v) is 11.7. The average molecular weight is 567 g/mol. The quantitative estimate of drug-likeness (QED) is 0.125. The number of benzene rings is 4. The monoisotopic (exact) mass is 566 g/mol. The van der Waals surface area contributed by atoms with Gasteiger partial charge in [0.05, 0.1) is 0 Å². The van der Waals surface area contributed by atoms with E-state index < -0.39 is 0 Å². The molecule has 0 radical (unpaired) electrons. The maximum Gasteiger partial charge on any atom is -0.0190 e. The van der Waals surface area contributed by atoms with Crippen molar-refractivity contribution in [2.24, 2.45) is 0 Å². The van der Waals surface area contributed by atoms with E-state index in [1.54, 1.807) is 21.2 Å². The van der Waals surface area contributed by atoms with E-state index in [9.17, 15) is 0 Å². The van der Waals surface area contributed by atoms with Gasteiger partial charge in [-0.25, -0.2) is 0 Å². The van der Waals surface area contributed by atoms with Gasteiger partial charge in [0.1, 0.15) is 0 Å². The molecule has 0 aliphatic heterocycles. The lowest BCUT2D eigenvalue weighted by molar-refractivity contribution is 0.709. The highest BCUT2D eigenvalue weighted by atomic mass is 31.1. The van der Waals surface area contributed by atoms with Gasteiger partial charge in [0.15, 0.2) is 0 Å². The SMILES string of the molecule is Cc1cc(C)cc(P(CCCCCCP(c2cc(C)cc(C)c2)c2cc(C)cc(C)c2)c2cc(C)cc(C)c2)c1. The summed E-state index contributed by atoms with van der Waals surface area (Å²) in [6.45, 7) is 18.0. The van der Waals surface area contributed by atoms with Crippen LogP contribution in [0.3, 0.4) is 0 Å². The highest BCUT2D eigenvalue weighted by Crippen LogP contribution is 2.38. The second-order valence-electron chi connectivity index (χ2n) is 12.1. The van der Waals surface area contributed by atoms with Crippen molar-refractivity contribution in [3.63, 3.8) is 0 Å². The van der Waals surface area contributed by atoms with Crippen LogP contribution < -0.4 is 21.2 Å². The molecule has 0 amide bonds. The number of hydrogen-bond acceptors (Lipinski definition) is 0. The van der Waals surface area contributed by atoms with E-state index in [1.807, 2.05) is 0 Å². The normalized spacial score (nSPS) is 11.6. The van der Waals surface area contributed by atoms with Gasteiger partial charge in [-0.1, -0.05) is 130 Å². The lowest BCUT2D eigenvalue weighted by Gasteiger charge is -2.22. The molecule has 2 heteroatoms. The Morgan fingerprint density at radius 1 is 0.300 bits per heavy atom. The molecular formula is C38H48P2. The van der Waals surface area contributed by atoms with E-state index in [0.717, 1.165) is 0 Å². The summed E-state index contributed by atoms with van der Waals surface area (Å²) in [6, 6.07) is 28.8. The fraction of sp³-hybridized carbons (Fsp3) is 0.368. The van der Waals surface area contributed by atoms with Crippen LogP contribution in [0.2, 0.25) is 0 Å². The zero-order valence-corrected chi connectivity index (χ0v) is 27.9. The minimum Gasteiger partial charge on any atom is -0.0563 e. The van der Waals surface area contributed by atoms with E-state index in [0.29, 0.717) is 0 Å². The molecule has 40 heavy (non-hydrogen) atoms. The minimum absolute atomic E-state index is 0.332. The average Bonchev–Trinajstić information content (AvgIpc) is 2.83. The second-order valence-corrected chi connectivity index (χ2v) is 16.8. The van der Waals surface area contributed by atoms with Gasteiger partial charge in [-0.3, -0.25) is 0 Å². The summed E-state index contributed by atoms with van der Waals surface area (Å²) in [6.07, 6.45) is 7.80. The lowest BCUT2D eigenvalue weighted by atomic mass is 10.2. The number of hydrogen-bond donors (Lipinski definition) is 0. The van der Waals surface area contributed by atoms with Gasteiger partial charge in [0.25, 0.3) is 0 Å². The van der Waals surface area contributed by atoms with Gasteiger partial charge < -0.3 is 0 Å². The topological polar surface area (TPSA) is 0 Å². The van der Waals surface area contributed by atoms with Crippen LogP contribution in [-0.4, -0.2) is 12.3 Å². The molecule has 0 aliphatic carbocycles. The third-order valence-corrected chi connectivity index (χ3v) is 12.6. The van der Waals surface area contributed by atoms with Crippen LogP contribution >= 0.6 is 15.8 Å². The summed E-state index contributed by atoms with van der Waals surface area (Å²) in [5, 5.41) is 6.19. The Morgan fingerprint density at radius 2 is 0.500 bits per heavy atom. The standard InChI is InChI=1S/C38H48P2/c1-27-15-28(2)20-35(19-27)39(36-21-29(3)16-30(4)22-36)13-11-9-10-12-14-40(37-23-31(5)17-32(6)24-37)38-25-33(7)18-34(8)26-38/h15-26H,9-14H2,1-8H3. The molecule has 0 spiro atoms. The first kappa shape index (κ1) is 30.7. The smallest absolute Gasteiger partial charge is 0.0190 e. The van der Waals surface area contributed by atoms with Gasteiger partial charge in [-0.05, 0) is 118 Å². The molecule has 4 aromatic carbocycles. The van der Waals surface area contributed by atoms with Crippen molar-refractivity contribution in [1.29, 1.82) is 0 Å². The predicted molar refractivity (Wildman–Crippen MR) is 184 cm³/mol. The van der Waals surface area contributed by atoms with Crippen molar-refractivity contribution in [2.75, 3.05) is 12.3 Å². The molecule has 0 heterocycles. The molecule has 0 aliphatic rings. The maximum absolute atomic E-state index is 2.44. The van der Waals surface area contributed by atoms with Crippen LogP contribution in [0, 0.1) is 55.4 Å². The zero-order valence-electron chi connectivity index (χ0n) is 26.1. The Morgan fingerprint density at radius 3 is 0.700 bits per heavy atom. The molecule has 0 bridgehead atoms. The second kappa shape index (κ2) is 14.1. The molecule has 4 rings (SSSR count). The molecule has 0 saturated carbocycles. The summed E-state index contributed by atoms with van der Waals surface area (Å²) >= 11 is 0. The first-order valence-electron chi connectivity index (χ1n) is 15.0. The Hall–Kier alpha value is -2.26. The van der Waals surface area contributed by atoms with E-state index in [4.69, 9.17) is 0 Å². The largest absolute Gasteiger partial charge is 0.0563 e. The van der Waals surface area contributed by atoms with Crippen LogP contribution in [0.4, 0.5) is 0 Å². The molecule has 0 aromatic heterocycles. The highest BCUT2D eigenvalue weighted by molar-refractivity contribution is 7.73. The van der Waals surface area contributed by atoms with E-state index >= 15 is 0 Å². The van der Waals surface area contributed by atoms with Crippen molar-refractivity contribution in [3.8, 4) is 0 Å². The molecule has 0 N–H and O–H groups in total. The predicted octanol–water partition coefficient (Wildman–Crippen LogP) is 9.28. The fourth-order valence-electron chi connectivity index (χ4n) is 6.13. The Bertz CT molecular complexity index is 1150. The van der Waals surface area contributed by atoms with Gasteiger partial charge in [-0.15, -0.1) is 0 Å².